The number of nitrogens with one attached hydrogen (secondary N) is 1. The molecule has 2 aromatic carbocycles. The van der Waals surface area contributed by atoms with E-state index in [-0.39, 0.29) is 30.6 Å². The van der Waals surface area contributed by atoms with Crippen LogP contribution < -0.4 is 10.1 Å². The molecule has 2 amide bonds. The fourth-order valence-corrected chi connectivity index (χ4v) is 3.71. The van der Waals surface area contributed by atoms with E-state index < -0.39 is 6.04 Å². The van der Waals surface area contributed by atoms with Crippen LogP contribution in [0.4, 0.5) is 4.39 Å². The molecule has 30 heavy (non-hydrogen) atoms. The summed E-state index contributed by atoms with van der Waals surface area (Å²) in [6, 6.07) is 12.7. The van der Waals surface area contributed by atoms with Crippen LogP contribution in [0.15, 0.2) is 48.5 Å². The minimum absolute atomic E-state index is 0.0168. The summed E-state index contributed by atoms with van der Waals surface area (Å²) in [6.07, 6.45) is 0.0168. The Balaban J connectivity index is 1.83. The number of rotatable bonds is 8. The molecule has 1 saturated heterocycles. The van der Waals surface area contributed by atoms with E-state index in [2.05, 4.69) is 5.32 Å². The third kappa shape index (κ3) is 4.94. The van der Waals surface area contributed by atoms with Crippen LogP contribution in [0.2, 0.25) is 0 Å². The van der Waals surface area contributed by atoms with Crippen LogP contribution in [0.25, 0.3) is 0 Å². The first-order chi connectivity index (χ1) is 14.4. The zero-order valence-electron chi connectivity index (χ0n) is 16.9. The van der Waals surface area contributed by atoms with Gasteiger partial charge in [-0.15, -0.1) is 0 Å². The zero-order chi connectivity index (χ0) is 21.7. The van der Waals surface area contributed by atoms with Crippen molar-refractivity contribution in [1.82, 2.24) is 15.1 Å². The molecule has 1 aliphatic rings. The van der Waals surface area contributed by atoms with Gasteiger partial charge in [0.15, 0.2) is 5.11 Å². The van der Waals surface area contributed by atoms with Crippen LogP contribution >= 0.6 is 12.2 Å². The number of hydrogen-bond acceptors (Lipinski definition) is 4. The largest absolute Gasteiger partial charge is 0.497 e. The first kappa shape index (κ1) is 21.7. The molecule has 6 nitrogen and oxygen atoms in total. The van der Waals surface area contributed by atoms with E-state index in [0.29, 0.717) is 18.2 Å². The molecule has 0 saturated carbocycles. The van der Waals surface area contributed by atoms with Gasteiger partial charge < -0.3 is 15.0 Å². The average Bonchev–Trinajstić information content (AvgIpc) is 2.95. The molecule has 0 bridgehead atoms. The van der Waals surface area contributed by atoms with Crippen molar-refractivity contribution in [3.8, 4) is 5.75 Å². The third-order valence-electron chi connectivity index (χ3n) is 4.92. The lowest BCUT2D eigenvalue weighted by molar-refractivity contribution is -0.132. The second-order valence-corrected chi connectivity index (χ2v) is 7.35. The Kier molecular flexibility index (Phi) is 6.99. The molecule has 0 spiro atoms. The summed E-state index contributed by atoms with van der Waals surface area (Å²) in [5, 5.41) is 3.10. The lowest BCUT2D eigenvalue weighted by Crippen LogP contribution is -2.39. The molecule has 3 rings (SSSR count). The Morgan fingerprint density at radius 3 is 2.30 bits per heavy atom. The van der Waals surface area contributed by atoms with Crippen LogP contribution in [0.3, 0.4) is 0 Å². The van der Waals surface area contributed by atoms with Gasteiger partial charge in [0, 0.05) is 13.1 Å². The maximum absolute atomic E-state index is 13.2. The Morgan fingerprint density at radius 1 is 1.10 bits per heavy atom. The second kappa shape index (κ2) is 9.67. The van der Waals surface area contributed by atoms with Gasteiger partial charge >= 0.3 is 0 Å². The predicted octanol–water partition coefficient (Wildman–Crippen LogP) is 2.86. The highest BCUT2D eigenvalue weighted by molar-refractivity contribution is 7.80. The van der Waals surface area contributed by atoms with E-state index in [1.165, 1.54) is 17.0 Å². The van der Waals surface area contributed by atoms with Gasteiger partial charge in [-0.2, -0.15) is 0 Å². The first-order valence-corrected chi connectivity index (χ1v) is 10.1. The number of nitrogens with zero attached hydrogens (tertiary/aromatic N) is 2. The van der Waals surface area contributed by atoms with Gasteiger partial charge in [0.25, 0.3) is 5.91 Å². The molecule has 158 valence electrons. The van der Waals surface area contributed by atoms with E-state index >= 15 is 0 Å². The van der Waals surface area contributed by atoms with Crippen LogP contribution in [0.1, 0.15) is 24.5 Å². The van der Waals surface area contributed by atoms with Crippen LogP contribution in [-0.4, -0.2) is 46.4 Å². The van der Waals surface area contributed by atoms with E-state index in [9.17, 15) is 14.0 Å². The Bertz CT molecular complexity index is 918. The number of halogens is 1. The fraction of sp³-hybridized carbons (Fsp3) is 0.318. The van der Waals surface area contributed by atoms with Gasteiger partial charge in [0.05, 0.1) is 20.1 Å². The summed E-state index contributed by atoms with van der Waals surface area (Å²) in [5.41, 5.74) is 1.70. The normalized spacial score (nSPS) is 16.2. The van der Waals surface area contributed by atoms with Gasteiger partial charge in [0.2, 0.25) is 5.91 Å². The van der Waals surface area contributed by atoms with Crippen molar-refractivity contribution >= 4 is 29.1 Å². The number of methoxy groups -OCH3 is 1. The monoisotopic (exact) mass is 429 g/mol. The summed E-state index contributed by atoms with van der Waals surface area (Å²) >= 11 is 5.61. The third-order valence-corrected chi connectivity index (χ3v) is 5.38. The van der Waals surface area contributed by atoms with Gasteiger partial charge in [-0.25, -0.2) is 4.39 Å². The number of hydrogen-bond donors (Lipinski definition) is 1. The molecule has 0 aliphatic carbocycles. The molecule has 1 unspecified atom stereocenters. The molecule has 1 N–H and O–H groups in total. The minimum atomic E-state index is -0.688. The second-order valence-electron chi connectivity index (χ2n) is 6.98. The molecule has 1 heterocycles. The Hall–Kier alpha value is -3.00. The summed E-state index contributed by atoms with van der Waals surface area (Å²) < 4.78 is 18.4. The molecule has 1 aliphatic heterocycles. The van der Waals surface area contributed by atoms with E-state index in [4.69, 9.17) is 17.0 Å². The standard InChI is InChI=1S/C22H24FN3O3S/c1-3-24-20(27)12-19-21(28)26(14-15-4-8-17(23)9-5-15)22(30)25(19)13-16-6-10-18(29-2)11-7-16/h4-11,19H,3,12-14H2,1-2H3,(H,24,27). The van der Waals surface area contributed by atoms with Crippen LogP contribution in [0, 0.1) is 5.82 Å². The highest BCUT2D eigenvalue weighted by Gasteiger charge is 2.43. The minimum Gasteiger partial charge on any atom is -0.497 e. The number of thiocarbonyl (C=S) groups is 1. The molecule has 1 fully saturated rings. The zero-order valence-corrected chi connectivity index (χ0v) is 17.7. The molecular formula is C22H24FN3O3S. The molecular weight excluding hydrogens is 405 g/mol. The van der Waals surface area contributed by atoms with Crippen molar-refractivity contribution in [2.45, 2.75) is 32.5 Å². The Morgan fingerprint density at radius 2 is 1.70 bits per heavy atom. The maximum atomic E-state index is 13.2. The summed E-state index contributed by atoms with van der Waals surface area (Å²) in [7, 11) is 1.60. The van der Waals surface area contributed by atoms with Gasteiger partial charge in [-0.3, -0.25) is 14.5 Å². The molecule has 2 aromatic rings. The predicted molar refractivity (Wildman–Crippen MR) is 115 cm³/mol. The number of benzene rings is 2. The van der Waals surface area contributed by atoms with Gasteiger partial charge in [0.1, 0.15) is 17.6 Å². The molecule has 0 radical (unpaired) electrons. The maximum Gasteiger partial charge on any atom is 0.252 e. The van der Waals surface area contributed by atoms with Crippen molar-refractivity contribution < 1.29 is 18.7 Å². The highest BCUT2D eigenvalue weighted by Crippen LogP contribution is 2.26. The average molecular weight is 430 g/mol. The van der Waals surface area contributed by atoms with E-state index in [1.54, 1.807) is 24.1 Å². The van der Waals surface area contributed by atoms with E-state index in [1.807, 2.05) is 31.2 Å². The number of amides is 2. The smallest absolute Gasteiger partial charge is 0.252 e. The SMILES string of the molecule is CCNC(=O)CC1C(=O)N(Cc2ccc(F)cc2)C(=S)N1Cc1ccc(OC)cc1. The first-order valence-electron chi connectivity index (χ1n) is 9.69. The van der Waals surface area contributed by atoms with Crippen molar-refractivity contribution in [1.29, 1.82) is 0 Å². The lowest BCUT2D eigenvalue weighted by Gasteiger charge is -2.24. The molecule has 0 aromatic heterocycles. The van der Waals surface area contributed by atoms with Gasteiger partial charge in [-0.1, -0.05) is 24.3 Å². The summed E-state index contributed by atoms with van der Waals surface area (Å²) in [5.74, 6) is -0.0499. The quantitative estimate of drug-likeness (QED) is 0.654. The highest BCUT2D eigenvalue weighted by atomic mass is 32.1. The van der Waals surface area contributed by atoms with Crippen LogP contribution in [0.5, 0.6) is 5.75 Å². The summed E-state index contributed by atoms with van der Waals surface area (Å²) in [6.45, 7) is 2.93. The number of ether oxygens (including phenoxy) is 1. The number of carbonyl (C=O) groups is 2. The Labute approximate surface area is 180 Å². The molecule has 8 heteroatoms. The van der Waals surface area contributed by atoms with Crippen molar-refractivity contribution in [2.75, 3.05) is 13.7 Å². The van der Waals surface area contributed by atoms with Crippen molar-refractivity contribution in [3.05, 3.63) is 65.5 Å². The van der Waals surface area contributed by atoms with Crippen molar-refractivity contribution in [2.24, 2.45) is 0 Å². The van der Waals surface area contributed by atoms with Crippen LogP contribution in [-0.2, 0) is 22.7 Å². The lowest BCUT2D eigenvalue weighted by atomic mass is 10.1. The summed E-state index contributed by atoms with van der Waals surface area (Å²) in [4.78, 5) is 28.6. The number of carbonyl (C=O) groups excluding carboxylic acids is 2. The topological polar surface area (TPSA) is 61.9 Å². The molecule has 1 atom stereocenters. The van der Waals surface area contributed by atoms with E-state index in [0.717, 1.165) is 16.9 Å². The fourth-order valence-electron chi connectivity index (χ4n) is 3.36. The van der Waals surface area contributed by atoms with Crippen molar-refractivity contribution in [3.63, 3.8) is 0 Å². The van der Waals surface area contributed by atoms with Gasteiger partial charge in [-0.05, 0) is 54.5 Å².